The van der Waals surface area contributed by atoms with Gasteiger partial charge in [-0.2, -0.15) is 5.10 Å². The normalized spacial score (nSPS) is 11.0. The Morgan fingerprint density at radius 2 is 2.04 bits per heavy atom. The molecule has 8 heteroatoms. The van der Waals surface area contributed by atoms with Crippen molar-refractivity contribution in [3.8, 4) is 0 Å². The summed E-state index contributed by atoms with van der Waals surface area (Å²) < 4.78 is 1.85. The lowest BCUT2D eigenvalue weighted by Crippen LogP contribution is -2.40. The molecule has 2 heterocycles. The summed E-state index contributed by atoms with van der Waals surface area (Å²) in [5.74, 6) is 0.472. The van der Waals surface area contributed by atoms with Gasteiger partial charge in [0.15, 0.2) is 0 Å². The number of H-pyrrole nitrogens is 1. The van der Waals surface area contributed by atoms with Gasteiger partial charge in [0.1, 0.15) is 5.82 Å². The van der Waals surface area contributed by atoms with Gasteiger partial charge in [0.2, 0.25) is 0 Å². The lowest BCUT2D eigenvalue weighted by Gasteiger charge is -2.21. The van der Waals surface area contributed by atoms with E-state index in [1.807, 2.05) is 38.6 Å². The summed E-state index contributed by atoms with van der Waals surface area (Å²) in [6.07, 6.45) is 0.722. The molecule has 0 spiro atoms. The molecular formula is C20H26N6O2. The Bertz CT molecular complexity index is 1050. The van der Waals surface area contributed by atoms with Crippen molar-refractivity contribution < 1.29 is 4.79 Å². The molecule has 0 bridgehead atoms. The van der Waals surface area contributed by atoms with Crippen LogP contribution in [0.3, 0.4) is 0 Å². The van der Waals surface area contributed by atoms with Crippen LogP contribution in [0.25, 0.3) is 10.9 Å². The van der Waals surface area contributed by atoms with Gasteiger partial charge in [-0.3, -0.25) is 9.48 Å². The zero-order chi connectivity index (χ0) is 20.3. The van der Waals surface area contributed by atoms with E-state index in [2.05, 4.69) is 20.4 Å². The molecule has 3 rings (SSSR count). The van der Waals surface area contributed by atoms with Crippen molar-refractivity contribution in [3.05, 3.63) is 57.4 Å². The number of urea groups is 1. The maximum Gasteiger partial charge on any atom is 0.317 e. The minimum Gasteiger partial charge on any atom is -0.338 e. The van der Waals surface area contributed by atoms with E-state index in [9.17, 15) is 9.59 Å². The molecule has 28 heavy (non-hydrogen) atoms. The second-order valence-corrected chi connectivity index (χ2v) is 6.80. The van der Waals surface area contributed by atoms with Gasteiger partial charge in [-0.25, -0.2) is 9.78 Å². The molecule has 2 amide bonds. The molecule has 0 saturated carbocycles. The van der Waals surface area contributed by atoms with Crippen molar-refractivity contribution in [3.63, 3.8) is 0 Å². The van der Waals surface area contributed by atoms with E-state index < -0.39 is 0 Å². The molecule has 2 aromatic heterocycles. The number of benzene rings is 1. The van der Waals surface area contributed by atoms with Crippen molar-refractivity contribution in [2.24, 2.45) is 7.05 Å². The van der Waals surface area contributed by atoms with Crippen molar-refractivity contribution >= 4 is 16.9 Å². The average molecular weight is 382 g/mol. The van der Waals surface area contributed by atoms with Crippen LogP contribution in [0.2, 0.25) is 0 Å². The summed E-state index contributed by atoms with van der Waals surface area (Å²) >= 11 is 0. The third-order valence-electron chi connectivity index (χ3n) is 4.98. The molecule has 0 aliphatic carbocycles. The first-order valence-electron chi connectivity index (χ1n) is 9.40. The molecule has 0 aliphatic rings. The Labute approximate surface area is 163 Å². The maximum absolute atomic E-state index is 12.6. The summed E-state index contributed by atoms with van der Waals surface area (Å²) in [5, 5.41) is 7.89. The van der Waals surface area contributed by atoms with Crippen LogP contribution >= 0.6 is 0 Å². The topological polar surface area (TPSA) is 95.9 Å². The predicted molar refractivity (Wildman–Crippen MR) is 108 cm³/mol. The molecule has 3 aromatic rings. The Morgan fingerprint density at radius 3 is 2.71 bits per heavy atom. The number of hydrogen-bond donors (Lipinski definition) is 2. The van der Waals surface area contributed by atoms with Gasteiger partial charge in [0.25, 0.3) is 5.56 Å². The third-order valence-corrected chi connectivity index (χ3v) is 4.98. The summed E-state index contributed by atoms with van der Waals surface area (Å²) in [5.41, 5.74) is 3.68. The number of aryl methyl sites for hydroxylation is 2. The molecule has 8 nitrogen and oxygen atoms in total. The molecule has 148 valence electrons. The SMILES string of the molecule is CCN(Cc1nc2ccccc2c(=O)[nH]1)C(=O)NCCc1c(C)nn(C)c1C. The second-order valence-electron chi connectivity index (χ2n) is 6.80. The number of nitrogens with zero attached hydrogens (tertiary/aromatic N) is 4. The zero-order valence-electron chi connectivity index (χ0n) is 16.7. The molecular weight excluding hydrogens is 356 g/mol. The quantitative estimate of drug-likeness (QED) is 0.682. The van der Waals surface area contributed by atoms with Crippen molar-refractivity contribution in [2.75, 3.05) is 13.1 Å². The number of nitrogens with one attached hydrogen (secondary N) is 2. The number of amides is 2. The van der Waals surface area contributed by atoms with Crippen LogP contribution in [0.15, 0.2) is 29.1 Å². The van der Waals surface area contributed by atoms with E-state index in [1.165, 1.54) is 0 Å². The number of fused-ring (bicyclic) bond motifs is 1. The minimum atomic E-state index is -0.195. The van der Waals surface area contributed by atoms with Gasteiger partial charge in [0.05, 0.1) is 23.1 Å². The molecule has 0 saturated heterocycles. The van der Waals surface area contributed by atoms with Crippen molar-refractivity contribution in [2.45, 2.75) is 33.7 Å². The first-order chi connectivity index (χ1) is 13.4. The zero-order valence-corrected chi connectivity index (χ0v) is 16.7. The summed E-state index contributed by atoms with van der Waals surface area (Å²) in [4.78, 5) is 33.6. The number of carbonyl (C=O) groups excluding carboxylic acids is 1. The third kappa shape index (κ3) is 4.05. The highest BCUT2D eigenvalue weighted by Gasteiger charge is 2.15. The highest BCUT2D eigenvalue weighted by molar-refractivity contribution is 5.77. The van der Waals surface area contributed by atoms with Crippen LogP contribution in [0.1, 0.15) is 29.7 Å². The Kier molecular flexibility index (Phi) is 5.77. The Hall–Kier alpha value is -3.16. The van der Waals surface area contributed by atoms with Gasteiger partial charge in [-0.15, -0.1) is 0 Å². The second kappa shape index (κ2) is 8.24. The van der Waals surface area contributed by atoms with Crippen molar-refractivity contribution in [1.82, 2.24) is 30.0 Å². The first kappa shape index (κ1) is 19.6. The van der Waals surface area contributed by atoms with Gasteiger partial charge >= 0.3 is 6.03 Å². The van der Waals surface area contributed by atoms with E-state index in [0.29, 0.717) is 29.8 Å². The number of para-hydroxylation sites is 1. The van der Waals surface area contributed by atoms with Gasteiger partial charge < -0.3 is 15.2 Å². The largest absolute Gasteiger partial charge is 0.338 e. The van der Waals surface area contributed by atoms with E-state index in [-0.39, 0.29) is 18.1 Å². The maximum atomic E-state index is 12.6. The molecule has 0 unspecified atom stereocenters. The number of aromatic nitrogens is 4. The number of aromatic amines is 1. The van der Waals surface area contributed by atoms with Crippen LogP contribution in [0, 0.1) is 13.8 Å². The van der Waals surface area contributed by atoms with E-state index >= 15 is 0 Å². The van der Waals surface area contributed by atoms with Gasteiger partial charge in [-0.1, -0.05) is 12.1 Å². The van der Waals surface area contributed by atoms with E-state index in [0.717, 1.165) is 23.4 Å². The lowest BCUT2D eigenvalue weighted by atomic mass is 10.1. The van der Waals surface area contributed by atoms with E-state index in [1.54, 1.807) is 23.1 Å². The minimum absolute atomic E-state index is 0.183. The fourth-order valence-corrected chi connectivity index (χ4v) is 3.30. The van der Waals surface area contributed by atoms with E-state index in [4.69, 9.17) is 0 Å². The predicted octanol–water partition coefficient (Wildman–Crippen LogP) is 2.05. The molecule has 0 fully saturated rings. The highest BCUT2D eigenvalue weighted by Crippen LogP contribution is 2.12. The summed E-state index contributed by atoms with van der Waals surface area (Å²) in [6, 6.07) is 6.99. The highest BCUT2D eigenvalue weighted by atomic mass is 16.2. The fourth-order valence-electron chi connectivity index (χ4n) is 3.30. The molecule has 0 atom stereocenters. The molecule has 1 aromatic carbocycles. The molecule has 0 aliphatic heterocycles. The Morgan fingerprint density at radius 1 is 1.29 bits per heavy atom. The summed E-state index contributed by atoms with van der Waals surface area (Å²) in [7, 11) is 1.92. The summed E-state index contributed by atoms with van der Waals surface area (Å²) in [6.45, 7) is 7.17. The fraction of sp³-hybridized carbons (Fsp3) is 0.400. The Balaban J connectivity index is 1.64. The molecule has 2 N–H and O–H groups in total. The van der Waals surface area contributed by atoms with Crippen LogP contribution in [0.4, 0.5) is 4.79 Å². The smallest absolute Gasteiger partial charge is 0.317 e. The monoisotopic (exact) mass is 382 g/mol. The number of rotatable bonds is 6. The van der Waals surface area contributed by atoms with Gasteiger partial charge in [-0.05, 0) is 44.9 Å². The lowest BCUT2D eigenvalue weighted by molar-refractivity contribution is 0.197. The average Bonchev–Trinajstić information content (AvgIpc) is 2.92. The van der Waals surface area contributed by atoms with Crippen LogP contribution < -0.4 is 10.9 Å². The van der Waals surface area contributed by atoms with Crippen molar-refractivity contribution in [1.29, 1.82) is 0 Å². The van der Waals surface area contributed by atoms with Crippen LogP contribution in [-0.2, 0) is 20.0 Å². The number of carbonyl (C=O) groups is 1. The molecule has 0 radical (unpaired) electrons. The standard InChI is InChI=1S/C20H26N6O2/c1-5-26(12-18-22-17-9-7-6-8-16(17)19(27)23-18)20(28)21-11-10-15-13(2)24-25(4)14(15)3/h6-9H,5,10-12H2,1-4H3,(H,21,28)(H,22,23,27). The van der Waals surface area contributed by atoms with Crippen LogP contribution in [0.5, 0.6) is 0 Å². The van der Waals surface area contributed by atoms with Gasteiger partial charge in [0, 0.05) is 25.8 Å². The number of hydrogen-bond acceptors (Lipinski definition) is 4. The first-order valence-corrected chi connectivity index (χ1v) is 9.40. The van der Waals surface area contributed by atoms with Crippen LogP contribution in [-0.4, -0.2) is 43.8 Å².